The molecule has 0 spiro atoms. The van der Waals surface area contributed by atoms with E-state index in [1.165, 1.54) is 6.92 Å². The van der Waals surface area contributed by atoms with Crippen molar-refractivity contribution in [3.63, 3.8) is 0 Å². The van der Waals surface area contributed by atoms with Crippen LogP contribution in [0.1, 0.15) is 34.6 Å². The number of benzene rings is 1. The Morgan fingerprint density at radius 3 is 2.65 bits per heavy atom. The molecule has 0 saturated carbocycles. The first-order chi connectivity index (χ1) is 7.99. The van der Waals surface area contributed by atoms with Gasteiger partial charge in [-0.25, -0.2) is 4.79 Å². The van der Waals surface area contributed by atoms with Crippen LogP contribution in [0.15, 0.2) is 18.2 Å². The van der Waals surface area contributed by atoms with Crippen molar-refractivity contribution >= 4 is 39.3 Å². The van der Waals surface area contributed by atoms with E-state index in [1.807, 2.05) is 0 Å². The number of alkyl halides is 1. The van der Waals surface area contributed by atoms with Gasteiger partial charge in [0.15, 0.2) is 0 Å². The molecular weight excluding hydrogens is 307 g/mol. The van der Waals surface area contributed by atoms with E-state index in [1.54, 1.807) is 25.1 Å². The Balaban J connectivity index is 3.15. The van der Waals surface area contributed by atoms with Crippen LogP contribution in [0.25, 0.3) is 0 Å². The van der Waals surface area contributed by atoms with Crippen LogP contribution in [0.2, 0.25) is 5.02 Å². The summed E-state index contributed by atoms with van der Waals surface area (Å²) in [5.74, 6) is -0.560. The summed E-state index contributed by atoms with van der Waals surface area (Å²) in [5, 5.41) is 0.253. The predicted octanol–water partition coefficient (Wildman–Crippen LogP) is 3.54. The van der Waals surface area contributed by atoms with E-state index < -0.39 is 10.8 Å². The molecule has 0 saturated heterocycles. The van der Waals surface area contributed by atoms with E-state index in [9.17, 15) is 9.59 Å². The zero-order valence-corrected chi connectivity index (χ0v) is 11.8. The lowest BCUT2D eigenvalue weighted by Gasteiger charge is -2.11. The Bertz CT molecular complexity index is 445. The van der Waals surface area contributed by atoms with Crippen molar-refractivity contribution in [1.82, 2.24) is 0 Å². The minimum Gasteiger partial charge on any atom is -0.462 e. The molecule has 0 aliphatic rings. The first-order valence-electron chi connectivity index (χ1n) is 5.09. The number of esters is 1. The minimum absolute atomic E-state index is 0.0760. The lowest BCUT2D eigenvalue weighted by Crippen LogP contribution is -2.08. The monoisotopic (exact) mass is 318 g/mol. The van der Waals surface area contributed by atoms with Crippen LogP contribution in [0, 0.1) is 0 Å². The molecular formula is C12H12BrClO3. The summed E-state index contributed by atoms with van der Waals surface area (Å²) in [6.07, 6.45) is 0. The number of carbonyl (C=O) groups excluding carboxylic acids is 2. The van der Waals surface area contributed by atoms with Gasteiger partial charge in [0.25, 0.3) is 0 Å². The molecule has 5 heteroatoms. The predicted molar refractivity (Wildman–Crippen MR) is 69.8 cm³/mol. The molecule has 1 aromatic carbocycles. The average Bonchev–Trinajstić information content (AvgIpc) is 2.28. The summed E-state index contributed by atoms with van der Waals surface area (Å²) in [6.45, 7) is 3.45. The van der Waals surface area contributed by atoms with Crippen LogP contribution < -0.4 is 0 Å². The molecule has 0 fully saturated rings. The van der Waals surface area contributed by atoms with E-state index in [0.717, 1.165) is 0 Å². The van der Waals surface area contributed by atoms with Gasteiger partial charge in [-0.1, -0.05) is 39.7 Å². The summed E-state index contributed by atoms with van der Waals surface area (Å²) in [5.41, 5.74) is 0.849. The molecule has 0 radical (unpaired) electrons. The smallest absolute Gasteiger partial charge is 0.339 e. The van der Waals surface area contributed by atoms with Gasteiger partial charge in [0, 0.05) is 0 Å². The quantitative estimate of drug-likeness (QED) is 0.630. The van der Waals surface area contributed by atoms with E-state index in [2.05, 4.69) is 15.9 Å². The second-order valence-corrected chi connectivity index (χ2v) is 4.70. The normalized spacial score (nSPS) is 12.0. The molecule has 0 aromatic heterocycles. The fraction of sp³-hybridized carbons (Fsp3) is 0.333. The maximum absolute atomic E-state index is 11.6. The van der Waals surface area contributed by atoms with Gasteiger partial charge in [0.1, 0.15) is 5.78 Å². The van der Waals surface area contributed by atoms with E-state index >= 15 is 0 Å². The molecule has 1 rings (SSSR count). The largest absolute Gasteiger partial charge is 0.462 e. The summed E-state index contributed by atoms with van der Waals surface area (Å²) >= 11 is 9.33. The second-order valence-electron chi connectivity index (χ2n) is 3.40. The van der Waals surface area contributed by atoms with Crippen LogP contribution in [-0.2, 0) is 9.53 Å². The van der Waals surface area contributed by atoms with E-state index in [-0.39, 0.29) is 23.0 Å². The molecule has 1 atom stereocenters. The molecule has 0 heterocycles. The summed E-state index contributed by atoms with van der Waals surface area (Å²) in [4.78, 5) is 22.4. The average molecular weight is 320 g/mol. The maximum atomic E-state index is 11.6. The first-order valence-corrected chi connectivity index (χ1v) is 6.38. The highest BCUT2D eigenvalue weighted by molar-refractivity contribution is 9.09. The number of ether oxygens (including phenoxy) is 1. The zero-order valence-electron chi connectivity index (χ0n) is 9.50. The minimum atomic E-state index is -0.510. The lowest BCUT2D eigenvalue weighted by atomic mass is 10.1. The summed E-state index contributed by atoms with van der Waals surface area (Å²) in [6, 6.07) is 4.94. The number of rotatable bonds is 4. The molecule has 17 heavy (non-hydrogen) atoms. The van der Waals surface area contributed by atoms with E-state index in [0.29, 0.717) is 5.56 Å². The highest BCUT2D eigenvalue weighted by atomic mass is 79.9. The van der Waals surface area contributed by atoms with Crippen LogP contribution in [0.4, 0.5) is 0 Å². The van der Waals surface area contributed by atoms with Crippen molar-refractivity contribution in [3.05, 3.63) is 34.3 Å². The third-order valence-electron chi connectivity index (χ3n) is 2.15. The Labute approximate surface area is 113 Å². The maximum Gasteiger partial charge on any atom is 0.339 e. The van der Waals surface area contributed by atoms with E-state index in [4.69, 9.17) is 16.3 Å². The summed E-state index contributed by atoms with van der Waals surface area (Å²) < 4.78 is 4.88. The highest BCUT2D eigenvalue weighted by Crippen LogP contribution is 2.32. The van der Waals surface area contributed by atoms with Gasteiger partial charge in [0.05, 0.1) is 22.0 Å². The molecule has 92 valence electrons. The fourth-order valence-electron chi connectivity index (χ4n) is 1.33. The number of carbonyl (C=O) groups is 2. The third kappa shape index (κ3) is 3.30. The Morgan fingerprint density at radius 1 is 1.47 bits per heavy atom. The molecule has 0 bridgehead atoms. The van der Waals surface area contributed by atoms with Gasteiger partial charge in [-0.3, -0.25) is 4.79 Å². The van der Waals surface area contributed by atoms with Crippen molar-refractivity contribution in [1.29, 1.82) is 0 Å². The fourth-order valence-corrected chi connectivity index (χ4v) is 2.16. The van der Waals surface area contributed by atoms with Gasteiger partial charge < -0.3 is 4.74 Å². The Hall–Kier alpha value is -0.870. The zero-order chi connectivity index (χ0) is 13.0. The van der Waals surface area contributed by atoms with Crippen LogP contribution in [-0.4, -0.2) is 18.4 Å². The molecule has 1 unspecified atom stereocenters. The van der Waals surface area contributed by atoms with Gasteiger partial charge in [0.2, 0.25) is 0 Å². The standard InChI is InChI=1S/C12H12BrClO3/c1-3-17-12(16)9-6-4-5-8(11(9)14)10(13)7(2)15/h4-6,10H,3H2,1-2H3. The van der Waals surface area contributed by atoms with Gasteiger partial charge in [-0.05, 0) is 25.5 Å². The topological polar surface area (TPSA) is 43.4 Å². The SMILES string of the molecule is CCOC(=O)c1cccc(C(Br)C(C)=O)c1Cl. The van der Waals surface area contributed by atoms with Crippen molar-refractivity contribution in [3.8, 4) is 0 Å². The highest BCUT2D eigenvalue weighted by Gasteiger charge is 2.20. The van der Waals surface area contributed by atoms with Crippen LogP contribution in [0.3, 0.4) is 0 Å². The Morgan fingerprint density at radius 2 is 2.12 bits per heavy atom. The molecule has 0 aliphatic heterocycles. The first kappa shape index (κ1) is 14.2. The number of hydrogen-bond donors (Lipinski definition) is 0. The van der Waals surface area contributed by atoms with Gasteiger partial charge >= 0.3 is 5.97 Å². The van der Waals surface area contributed by atoms with Crippen molar-refractivity contribution in [2.75, 3.05) is 6.61 Å². The molecule has 0 aliphatic carbocycles. The molecule has 0 amide bonds. The van der Waals surface area contributed by atoms with Crippen LogP contribution >= 0.6 is 27.5 Å². The molecule has 1 aromatic rings. The van der Waals surface area contributed by atoms with Gasteiger partial charge in [-0.15, -0.1) is 0 Å². The third-order valence-corrected chi connectivity index (χ3v) is 3.71. The lowest BCUT2D eigenvalue weighted by molar-refractivity contribution is -0.116. The number of Topliss-reactive ketones (excluding diaryl/α,β-unsaturated/α-hetero) is 1. The van der Waals surface area contributed by atoms with Crippen molar-refractivity contribution in [2.24, 2.45) is 0 Å². The number of halogens is 2. The van der Waals surface area contributed by atoms with Crippen molar-refractivity contribution < 1.29 is 14.3 Å². The van der Waals surface area contributed by atoms with Crippen molar-refractivity contribution in [2.45, 2.75) is 18.7 Å². The number of hydrogen-bond acceptors (Lipinski definition) is 3. The summed E-state index contributed by atoms with van der Waals surface area (Å²) in [7, 11) is 0. The van der Waals surface area contributed by atoms with Crippen LogP contribution in [0.5, 0.6) is 0 Å². The van der Waals surface area contributed by atoms with Gasteiger partial charge in [-0.2, -0.15) is 0 Å². The molecule has 0 N–H and O–H groups in total. The Kier molecular flexibility index (Phi) is 5.15. The second kappa shape index (κ2) is 6.17. The number of ketones is 1. The molecule has 3 nitrogen and oxygen atoms in total.